The maximum absolute atomic E-state index is 12.6. The molecule has 1 fully saturated rings. The van der Waals surface area contributed by atoms with Gasteiger partial charge in [-0.25, -0.2) is 4.79 Å². The summed E-state index contributed by atoms with van der Waals surface area (Å²) < 4.78 is 5.46. The molecule has 1 heterocycles. The molecular formula is C17H17NO6S2. The van der Waals surface area contributed by atoms with Gasteiger partial charge in [0.15, 0.2) is 0 Å². The number of carbonyl (C=O) groups is 3. The molecule has 138 valence electrons. The highest BCUT2D eigenvalue weighted by Gasteiger charge is 2.40. The van der Waals surface area contributed by atoms with E-state index in [0.717, 1.165) is 22.2 Å². The van der Waals surface area contributed by atoms with Gasteiger partial charge in [-0.1, -0.05) is 36.1 Å². The first kappa shape index (κ1) is 19.9. The number of aliphatic carboxylic acids is 2. The van der Waals surface area contributed by atoms with Gasteiger partial charge in [0.25, 0.3) is 5.91 Å². The first-order chi connectivity index (χ1) is 12.3. The molecule has 0 spiro atoms. The smallest absolute Gasteiger partial charge is 0.326 e. The van der Waals surface area contributed by atoms with E-state index in [9.17, 15) is 19.5 Å². The minimum Gasteiger partial charge on any atom is -0.494 e. The normalized spacial score (nSPS) is 16.8. The van der Waals surface area contributed by atoms with Crippen molar-refractivity contribution in [2.24, 2.45) is 0 Å². The van der Waals surface area contributed by atoms with Crippen molar-refractivity contribution >= 4 is 52.2 Å². The highest BCUT2D eigenvalue weighted by molar-refractivity contribution is 8.26. The summed E-state index contributed by atoms with van der Waals surface area (Å²) in [5.74, 6) is -2.25. The van der Waals surface area contributed by atoms with Gasteiger partial charge in [0.05, 0.1) is 11.5 Å². The van der Waals surface area contributed by atoms with Crippen molar-refractivity contribution in [1.82, 2.24) is 4.90 Å². The summed E-state index contributed by atoms with van der Waals surface area (Å²) in [4.78, 5) is 36.1. The monoisotopic (exact) mass is 395 g/mol. The zero-order valence-corrected chi connectivity index (χ0v) is 15.5. The number of hydrogen-bond donors (Lipinski definition) is 2. The van der Waals surface area contributed by atoms with Crippen molar-refractivity contribution in [2.45, 2.75) is 25.8 Å². The average molecular weight is 395 g/mol. The molecule has 1 aliphatic heterocycles. The van der Waals surface area contributed by atoms with E-state index in [1.165, 1.54) is 0 Å². The molecule has 9 heteroatoms. The lowest BCUT2D eigenvalue weighted by molar-refractivity contribution is -0.146. The maximum atomic E-state index is 12.6. The van der Waals surface area contributed by atoms with Crippen molar-refractivity contribution in [3.05, 3.63) is 34.7 Å². The van der Waals surface area contributed by atoms with Crippen LogP contribution in [0.5, 0.6) is 5.75 Å². The Balaban J connectivity index is 2.20. The van der Waals surface area contributed by atoms with Crippen LogP contribution >= 0.6 is 24.0 Å². The van der Waals surface area contributed by atoms with E-state index in [2.05, 4.69) is 0 Å². The summed E-state index contributed by atoms with van der Waals surface area (Å²) >= 11 is 6.14. The Hall–Kier alpha value is -2.39. The van der Waals surface area contributed by atoms with E-state index in [0.29, 0.717) is 17.3 Å². The number of hydrogen-bond acceptors (Lipinski definition) is 6. The van der Waals surface area contributed by atoms with Gasteiger partial charge in [0, 0.05) is 6.42 Å². The number of carboxylic acids is 2. The Kier molecular flexibility index (Phi) is 6.76. The van der Waals surface area contributed by atoms with E-state index >= 15 is 0 Å². The lowest BCUT2D eigenvalue weighted by Crippen LogP contribution is -2.44. The van der Waals surface area contributed by atoms with E-state index in [1.807, 2.05) is 6.92 Å². The molecule has 0 aromatic heterocycles. The molecule has 26 heavy (non-hydrogen) atoms. The Morgan fingerprint density at radius 2 is 1.96 bits per heavy atom. The van der Waals surface area contributed by atoms with Crippen LogP contribution in [0, 0.1) is 0 Å². The molecule has 1 amide bonds. The van der Waals surface area contributed by atoms with E-state index in [1.54, 1.807) is 30.3 Å². The zero-order chi connectivity index (χ0) is 19.3. The molecular weight excluding hydrogens is 378 g/mol. The SMILES string of the molecule is CCOc1ccc(/C=C2/SC(=S)N([C@H](CCC(=O)O)C(=O)O)C2=O)cc1. The quantitative estimate of drug-likeness (QED) is 0.511. The van der Waals surface area contributed by atoms with Gasteiger partial charge in [0.2, 0.25) is 0 Å². The molecule has 2 rings (SSSR count). The summed E-state index contributed by atoms with van der Waals surface area (Å²) in [5.41, 5.74) is 0.742. The molecule has 0 radical (unpaired) electrons. The summed E-state index contributed by atoms with van der Waals surface area (Å²) in [6.45, 7) is 2.42. The first-order valence-corrected chi connectivity index (χ1v) is 9.00. The van der Waals surface area contributed by atoms with Crippen LogP contribution in [0.25, 0.3) is 6.08 Å². The molecule has 0 saturated carbocycles. The van der Waals surface area contributed by atoms with E-state index in [4.69, 9.17) is 22.1 Å². The van der Waals surface area contributed by atoms with Crippen molar-refractivity contribution < 1.29 is 29.3 Å². The summed E-state index contributed by atoms with van der Waals surface area (Å²) in [7, 11) is 0. The van der Waals surface area contributed by atoms with Crippen LogP contribution in [-0.4, -0.2) is 49.9 Å². The number of benzene rings is 1. The fourth-order valence-corrected chi connectivity index (χ4v) is 3.71. The number of ether oxygens (including phenoxy) is 1. The van der Waals surface area contributed by atoms with Crippen LogP contribution in [0.3, 0.4) is 0 Å². The standard InChI is InChI=1S/C17H17NO6S2/c1-2-24-11-5-3-10(4-6-11)9-13-15(21)18(17(25)26-13)12(16(22)23)7-8-14(19)20/h3-6,9,12H,2,7-8H2,1H3,(H,19,20)(H,22,23)/b13-9+/t12-/m1/s1. The predicted octanol–water partition coefficient (Wildman–Crippen LogP) is 2.60. The Bertz CT molecular complexity index is 759. The van der Waals surface area contributed by atoms with Gasteiger partial charge in [-0.05, 0) is 37.1 Å². The molecule has 1 atom stereocenters. The predicted molar refractivity (Wildman–Crippen MR) is 101 cm³/mol. The topological polar surface area (TPSA) is 104 Å². The number of rotatable bonds is 8. The average Bonchev–Trinajstić information content (AvgIpc) is 2.84. The van der Waals surface area contributed by atoms with Crippen molar-refractivity contribution in [3.8, 4) is 5.75 Å². The molecule has 0 aliphatic carbocycles. The number of thiocarbonyl (C=S) groups is 1. The van der Waals surface area contributed by atoms with Crippen LogP contribution < -0.4 is 4.74 Å². The summed E-state index contributed by atoms with van der Waals surface area (Å²) in [6.07, 6.45) is 1.03. The molecule has 1 aromatic rings. The Morgan fingerprint density at radius 3 is 2.50 bits per heavy atom. The maximum Gasteiger partial charge on any atom is 0.326 e. The van der Waals surface area contributed by atoms with Gasteiger partial charge < -0.3 is 14.9 Å². The summed E-state index contributed by atoms with van der Waals surface area (Å²) in [5, 5.41) is 18.1. The number of amides is 1. The summed E-state index contributed by atoms with van der Waals surface area (Å²) in [6, 6.07) is 5.78. The largest absolute Gasteiger partial charge is 0.494 e. The van der Waals surface area contributed by atoms with Crippen LogP contribution in [0.1, 0.15) is 25.3 Å². The minimum atomic E-state index is -1.30. The second-order valence-electron chi connectivity index (χ2n) is 5.34. The molecule has 0 bridgehead atoms. The third-order valence-electron chi connectivity index (χ3n) is 3.54. The Labute approximate surface area is 159 Å². The van der Waals surface area contributed by atoms with Gasteiger partial charge >= 0.3 is 11.9 Å². The minimum absolute atomic E-state index is 0.102. The van der Waals surface area contributed by atoms with E-state index < -0.39 is 23.9 Å². The van der Waals surface area contributed by atoms with Crippen molar-refractivity contribution in [2.75, 3.05) is 6.61 Å². The molecule has 2 N–H and O–H groups in total. The third kappa shape index (κ3) is 4.83. The van der Waals surface area contributed by atoms with Gasteiger partial charge in [0.1, 0.15) is 16.1 Å². The van der Waals surface area contributed by atoms with Crippen LogP contribution in [-0.2, 0) is 14.4 Å². The van der Waals surface area contributed by atoms with Crippen LogP contribution in [0.2, 0.25) is 0 Å². The molecule has 0 unspecified atom stereocenters. The highest BCUT2D eigenvalue weighted by atomic mass is 32.2. The lowest BCUT2D eigenvalue weighted by Gasteiger charge is -2.22. The van der Waals surface area contributed by atoms with Gasteiger partial charge in [-0.15, -0.1) is 0 Å². The van der Waals surface area contributed by atoms with Crippen LogP contribution in [0.15, 0.2) is 29.2 Å². The van der Waals surface area contributed by atoms with Gasteiger partial charge in [-0.2, -0.15) is 0 Å². The molecule has 1 aromatic carbocycles. The van der Waals surface area contributed by atoms with Crippen molar-refractivity contribution in [3.63, 3.8) is 0 Å². The molecule has 1 aliphatic rings. The fourth-order valence-electron chi connectivity index (χ4n) is 2.35. The second-order valence-corrected chi connectivity index (χ2v) is 7.02. The third-order valence-corrected chi connectivity index (χ3v) is 4.87. The number of thioether (sulfide) groups is 1. The number of carbonyl (C=O) groups excluding carboxylic acids is 1. The Morgan fingerprint density at radius 1 is 1.31 bits per heavy atom. The molecule has 7 nitrogen and oxygen atoms in total. The van der Waals surface area contributed by atoms with Crippen LogP contribution in [0.4, 0.5) is 0 Å². The van der Waals surface area contributed by atoms with E-state index in [-0.39, 0.29) is 17.2 Å². The first-order valence-electron chi connectivity index (χ1n) is 7.78. The number of nitrogens with zero attached hydrogens (tertiary/aromatic N) is 1. The number of carboxylic acid groups (broad SMARTS) is 2. The van der Waals surface area contributed by atoms with Gasteiger partial charge in [-0.3, -0.25) is 14.5 Å². The lowest BCUT2D eigenvalue weighted by atomic mass is 10.1. The fraction of sp³-hybridized carbons (Fsp3) is 0.294. The zero-order valence-electron chi connectivity index (χ0n) is 13.9. The highest BCUT2D eigenvalue weighted by Crippen LogP contribution is 2.35. The second kappa shape index (κ2) is 8.81. The van der Waals surface area contributed by atoms with Crippen molar-refractivity contribution in [1.29, 1.82) is 0 Å². The molecule has 1 saturated heterocycles.